The SMILES string of the molecule is O=C(CCSc1ccccc1Cl)NCC[C@H](O)C(=O)O. The molecule has 1 amide bonds. The summed E-state index contributed by atoms with van der Waals surface area (Å²) in [6.07, 6.45) is -1.13. The van der Waals surface area contributed by atoms with Gasteiger partial charge in [-0.05, 0) is 12.1 Å². The van der Waals surface area contributed by atoms with Gasteiger partial charge >= 0.3 is 5.97 Å². The number of aliphatic hydroxyl groups is 1. The Morgan fingerprint density at radius 2 is 2.05 bits per heavy atom. The average molecular weight is 318 g/mol. The van der Waals surface area contributed by atoms with Gasteiger partial charge in [0.25, 0.3) is 0 Å². The van der Waals surface area contributed by atoms with E-state index in [1.54, 1.807) is 6.07 Å². The van der Waals surface area contributed by atoms with Gasteiger partial charge in [0.1, 0.15) is 0 Å². The molecular formula is C13H16ClNO4S. The van der Waals surface area contributed by atoms with Gasteiger partial charge in [-0.1, -0.05) is 23.7 Å². The lowest BCUT2D eigenvalue weighted by Crippen LogP contribution is -2.30. The molecule has 20 heavy (non-hydrogen) atoms. The van der Waals surface area contributed by atoms with Crippen LogP contribution in [0.1, 0.15) is 12.8 Å². The molecule has 0 aliphatic carbocycles. The zero-order valence-corrected chi connectivity index (χ0v) is 12.3. The molecule has 0 fully saturated rings. The van der Waals surface area contributed by atoms with Crippen LogP contribution in [0, 0.1) is 0 Å². The van der Waals surface area contributed by atoms with Gasteiger partial charge in [0.05, 0.1) is 5.02 Å². The van der Waals surface area contributed by atoms with E-state index in [0.717, 1.165) is 4.90 Å². The minimum atomic E-state index is -1.44. The minimum Gasteiger partial charge on any atom is -0.479 e. The number of rotatable bonds is 8. The normalized spacial score (nSPS) is 11.9. The third-order valence-electron chi connectivity index (χ3n) is 2.45. The highest BCUT2D eigenvalue weighted by Crippen LogP contribution is 2.26. The summed E-state index contributed by atoms with van der Waals surface area (Å²) in [5.41, 5.74) is 0. The van der Waals surface area contributed by atoms with Crippen LogP contribution < -0.4 is 5.32 Å². The predicted octanol–water partition coefficient (Wildman–Crippen LogP) is 1.77. The first-order valence-corrected chi connectivity index (χ1v) is 7.42. The second-order valence-electron chi connectivity index (χ2n) is 4.02. The van der Waals surface area contributed by atoms with Crippen LogP contribution >= 0.6 is 23.4 Å². The van der Waals surface area contributed by atoms with Gasteiger partial charge in [-0.25, -0.2) is 4.79 Å². The van der Waals surface area contributed by atoms with Gasteiger partial charge in [-0.3, -0.25) is 4.79 Å². The van der Waals surface area contributed by atoms with E-state index in [0.29, 0.717) is 17.2 Å². The largest absolute Gasteiger partial charge is 0.479 e. The second kappa shape index (κ2) is 8.84. The zero-order valence-electron chi connectivity index (χ0n) is 10.7. The lowest BCUT2D eigenvalue weighted by atomic mass is 10.2. The molecule has 110 valence electrons. The first-order valence-electron chi connectivity index (χ1n) is 6.05. The van der Waals surface area contributed by atoms with E-state index in [1.807, 2.05) is 18.2 Å². The second-order valence-corrected chi connectivity index (χ2v) is 5.57. The fourth-order valence-electron chi connectivity index (χ4n) is 1.38. The van der Waals surface area contributed by atoms with Crippen molar-refractivity contribution in [2.45, 2.75) is 23.8 Å². The van der Waals surface area contributed by atoms with Crippen molar-refractivity contribution >= 4 is 35.2 Å². The van der Waals surface area contributed by atoms with Crippen molar-refractivity contribution in [3.63, 3.8) is 0 Å². The molecule has 0 radical (unpaired) electrons. The molecule has 0 aliphatic heterocycles. The predicted molar refractivity (Wildman–Crippen MR) is 78.1 cm³/mol. The van der Waals surface area contributed by atoms with E-state index >= 15 is 0 Å². The summed E-state index contributed by atoms with van der Waals surface area (Å²) >= 11 is 7.47. The van der Waals surface area contributed by atoms with Crippen molar-refractivity contribution in [3.05, 3.63) is 29.3 Å². The van der Waals surface area contributed by atoms with E-state index in [1.165, 1.54) is 11.8 Å². The summed E-state index contributed by atoms with van der Waals surface area (Å²) in [6.45, 7) is 0.142. The van der Waals surface area contributed by atoms with Gasteiger partial charge in [0.15, 0.2) is 6.10 Å². The summed E-state index contributed by atoms with van der Waals surface area (Å²) in [5.74, 6) is -0.882. The number of carbonyl (C=O) groups excluding carboxylic acids is 1. The number of hydrogen-bond donors (Lipinski definition) is 3. The Hall–Kier alpha value is -1.24. The van der Waals surface area contributed by atoms with Gasteiger partial charge in [0, 0.05) is 30.0 Å². The topological polar surface area (TPSA) is 86.6 Å². The molecule has 0 aromatic heterocycles. The minimum absolute atomic E-state index is 0.00126. The van der Waals surface area contributed by atoms with Crippen LogP contribution in [-0.2, 0) is 9.59 Å². The number of carboxylic acid groups (broad SMARTS) is 1. The standard InChI is InChI=1S/C13H16ClNO4S/c14-9-3-1-2-4-11(9)20-8-6-12(17)15-7-5-10(16)13(18)19/h1-4,10,16H,5-8H2,(H,15,17)(H,18,19)/t10-/m0/s1. The van der Waals surface area contributed by atoms with Crippen LogP contribution in [0.3, 0.4) is 0 Å². The smallest absolute Gasteiger partial charge is 0.332 e. The monoisotopic (exact) mass is 317 g/mol. The van der Waals surface area contributed by atoms with Crippen molar-refractivity contribution in [3.8, 4) is 0 Å². The number of halogens is 1. The lowest BCUT2D eigenvalue weighted by molar-refractivity contribution is -0.147. The molecule has 0 aliphatic rings. The number of benzene rings is 1. The third kappa shape index (κ3) is 6.27. The summed E-state index contributed by atoms with van der Waals surface area (Å²) in [4.78, 5) is 22.8. The van der Waals surface area contributed by atoms with E-state index < -0.39 is 12.1 Å². The van der Waals surface area contributed by atoms with Gasteiger partial charge in [-0.15, -0.1) is 11.8 Å². The molecule has 1 atom stereocenters. The number of hydrogen-bond acceptors (Lipinski definition) is 4. The Kier molecular flexibility index (Phi) is 7.43. The van der Waals surface area contributed by atoms with Gasteiger partial charge in [0.2, 0.25) is 5.91 Å². The number of aliphatic carboxylic acids is 1. The maximum Gasteiger partial charge on any atom is 0.332 e. The number of amides is 1. The summed E-state index contributed by atoms with van der Waals surface area (Å²) in [5, 5.41) is 20.7. The Morgan fingerprint density at radius 1 is 1.35 bits per heavy atom. The lowest BCUT2D eigenvalue weighted by Gasteiger charge is -2.07. The van der Waals surface area contributed by atoms with E-state index in [2.05, 4.69) is 5.32 Å². The van der Waals surface area contributed by atoms with Crippen molar-refractivity contribution in [1.29, 1.82) is 0 Å². The fraction of sp³-hybridized carbons (Fsp3) is 0.385. The quantitative estimate of drug-likeness (QED) is 0.636. The molecule has 0 bridgehead atoms. The number of carboxylic acids is 1. The number of carbonyl (C=O) groups is 2. The van der Waals surface area contributed by atoms with Gasteiger partial charge < -0.3 is 15.5 Å². The summed E-state index contributed by atoms with van der Waals surface area (Å²) < 4.78 is 0. The average Bonchev–Trinajstić information content (AvgIpc) is 2.40. The zero-order chi connectivity index (χ0) is 15.0. The molecule has 3 N–H and O–H groups in total. The Balaban J connectivity index is 2.18. The number of nitrogens with one attached hydrogen (secondary N) is 1. The Labute approximate surface area is 126 Å². The molecule has 0 spiro atoms. The molecule has 0 heterocycles. The van der Waals surface area contributed by atoms with Crippen LogP contribution in [0.15, 0.2) is 29.2 Å². The first kappa shape index (κ1) is 16.8. The molecule has 1 aromatic carbocycles. The molecule has 0 saturated heterocycles. The Bertz CT molecular complexity index is 469. The Morgan fingerprint density at radius 3 is 2.70 bits per heavy atom. The van der Waals surface area contributed by atoms with Gasteiger partial charge in [-0.2, -0.15) is 0 Å². The van der Waals surface area contributed by atoms with Crippen molar-refractivity contribution in [2.24, 2.45) is 0 Å². The summed E-state index contributed by atoms with van der Waals surface area (Å²) in [6, 6.07) is 7.39. The van der Waals surface area contributed by atoms with Crippen molar-refractivity contribution in [2.75, 3.05) is 12.3 Å². The van der Waals surface area contributed by atoms with Crippen molar-refractivity contribution in [1.82, 2.24) is 5.32 Å². The molecular weight excluding hydrogens is 302 g/mol. The van der Waals surface area contributed by atoms with E-state index in [4.69, 9.17) is 21.8 Å². The van der Waals surface area contributed by atoms with Crippen LogP contribution in [0.5, 0.6) is 0 Å². The molecule has 7 heteroatoms. The molecule has 0 unspecified atom stereocenters. The van der Waals surface area contributed by atoms with E-state index in [-0.39, 0.29) is 18.9 Å². The highest BCUT2D eigenvalue weighted by atomic mass is 35.5. The number of aliphatic hydroxyl groups excluding tert-OH is 1. The maximum absolute atomic E-state index is 11.5. The summed E-state index contributed by atoms with van der Waals surface area (Å²) in [7, 11) is 0. The molecule has 0 saturated carbocycles. The van der Waals surface area contributed by atoms with Crippen LogP contribution in [0.25, 0.3) is 0 Å². The van der Waals surface area contributed by atoms with Crippen molar-refractivity contribution < 1.29 is 19.8 Å². The van der Waals surface area contributed by atoms with E-state index in [9.17, 15) is 9.59 Å². The highest BCUT2D eigenvalue weighted by Gasteiger charge is 2.12. The highest BCUT2D eigenvalue weighted by molar-refractivity contribution is 7.99. The maximum atomic E-state index is 11.5. The number of thioether (sulfide) groups is 1. The van der Waals surface area contributed by atoms with Crippen LogP contribution in [0.2, 0.25) is 5.02 Å². The van der Waals surface area contributed by atoms with Crippen LogP contribution in [-0.4, -0.2) is 40.5 Å². The fourth-order valence-corrected chi connectivity index (χ4v) is 2.56. The molecule has 5 nitrogen and oxygen atoms in total. The molecule has 1 rings (SSSR count). The van der Waals surface area contributed by atoms with Crippen LogP contribution in [0.4, 0.5) is 0 Å². The first-order chi connectivity index (χ1) is 9.50. The molecule has 1 aromatic rings. The third-order valence-corrected chi connectivity index (χ3v) is 3.97.